The number of rotatable bonds is 7. The van der Waals surface area contributed by atoms with Gasteiger partial charge in [-0.15, -0.1) is 0 Å². The molecule has 1 aromatic heterocycles. The van der Waals surface area contributed by atoms with Gasteiger partial charge in [0.25, 0.3) is 5.91 Å². The molecule has 1 N–H and O–H groups in total. The second-order valence-corrected chi connectivity index (χ2v) is 6.62. The number of nitrogens with one attached hydrogen (secondary N) is 1. The second kappa shape index (κ2) is 8.80. The lowest BCUT2D eigenvalue weighted by Gasteiger charge is -2.31. The Morgan fingerprint density at radius 3 is 3.04 bits per heavy atom. The summed E-state index contributed by atoms with van der Waals surface area (Å²) < 4.78 is 10.8. The highest BCUT2D eigenvalue weighted by atomic mass is 16.5. The number of carbonyl (C=O) groups is 1. The van der Waals surface area contributed by atoms with E-state index in [2.05, 4.69) is 15.2 Å². The van der Waals surface area contributed by atoms with Crippen molar-refractivity contribution in [3.63, 3.8) is 0 Å². The highest BCUT2D eigenvalue weighted by molar-refractivity contribution is 5.78. The van der Waals surface area contributed by atoms with Crippen LogP contribution in [-0.4, -0.2) is 59.4 Å². The number of likely N-dealkylation sites (tertiary alicyclic amines) is 1. The lowest BCUT2D eigenvalue weighted by atomic mass is 9.97. The number of piperidine rings is 1. The Morgan fingerprint density at radius 1 is 1.38 bits per heavy atom. The lowest BCUT2D eigenvalue weighted by molar-refractivity contribution is -0.134. The Hall–Kier alpha value is -2.41. The van der Waals surface area contributed by atoms with Crippen molar-refractivity contribution in [2.75, 3.05) is 33.4 Å². The highest BCUT2D eigenvalue weighted by Gasteiger charge is 2.27. The van der Waals surface area contributed by atoms with Crippen molar-refractivity contribution >= 4 is 5.91 Å². The van der Waals surface area contributed by atoms with Gasteiger partial charge < -0.3 is 14.4 Å². The minimum atomic E-state index is 0.00750. The molecule has 0 radical (unpaired) electrons. The van der Waals surface area contributed by atoms with Crippen molar-refractivity contribution in [1.82, 2.24) is 20.1 Å². The highest BCUT2D eigenvalue weighted by Crippen LogP contribution is 2.25. The number of carbonyl (C=O) groups excluding carboxylic acids is 1. The summed E-state index contributed by atoms with van der Waals surface area (Å²) in [4.78, 5) is 19.0. The van der Waals surface area contributed by atoms with Crippen LogP contribution >= 0.6 is 0 Å². The van der Waals surface area contributed by atoms with Crippen molar-refractivity contribution in [2.24, 2.45) is 0 Å². The largest absolute Gasteiger partial charge is 0.484 e. The van der Waals surface area contributed by atoms with Gasteiger partial charge in [-0.25, -0.2) is 4.98 Å². The van der Waals surface area contributed by atoms with Crippen LogP contribution < -0.4 is 4.74 Å². The van der Waals surface area contributed by atoms with Crippen LogP contribution in [0.2, 0.25) is 0 Å². The van der Waals surface area contributed by atoms with Crippen LogP contribution in [0.5, 0.6) is 5.75 Å². The number of amides is 1. The molecule has 0 bridgehead atoms. The van der Waals surface area contributed by atoms with Crippen molar-refractivity contribution < 1.29 is 14.3 Å². The van der Waals surface area contributed by atoms with E-state index < -0.39 is 0 Å². The number of aromatic nitrogens is 3. The third-order valence-electron chi connectivity index (χ3n) is 4.68. The van der Waals surface area contributed by atoms with Gasteiger partial charge >= 0.3 is 0 Å². The fraction of sp³-hybridized carbons (Fsp3) is 0.526. The molecule has 7 nitrogen and oxygen atoms in total. The first-order chi connectivity index (χ1) is 12.7. The van der Waals surface area contributed by atoms with Crippen LogP contribution in [0.15, 0.2) is 24.3 Å². The predicted octanol–water partition coefficient (Wildman–Crippen LogP) is 2.09. The number of ether oxygens (including phenoxy) is 2. The summed E-state index contributed by atoms with van der Waals surface area (Å²) in [6.45, 7) is 4.04. The summed E-state index contributed by atoms with van der Waals surface area (Å²) in [6, 6.07) is 7.73. The van der Waals surface area contributed by atoms with Crippen molar-refractivity contribution in [1.29, 1.82) is 0 Å². The topological polar surface area (TPSA) is 80.3 Å². The summed E-state index contributed by atoms with van der Waals surface area (Å²) in [7, 11) is 1.67. The molecule has 1 atom stereocenters. The van der Waals surface area contributed by atoms with Crippen LogP contribution in [0, 0.1) is 6.92 Å². The Labute approximate surface area is 153 Å². The molecule has 3 rings (SSSR count). The van der Waals surface area contributed by atoms with Gasteiger partial charge in [-0.2, -0.15) is 5.10 Å². The first-order valence-electron chi connectivity index (χ1n) is 9.03. The second-order valence-electron chi connectivity index (χ2n) is 6.62. The number of nitrogens with zero attached hydrogens (tertiary/aromatic N) is 3. The van der Waals surface area contributed by atoms with E-state index in [-0.39, 0.29) is 18.4 Å². The van der Waals surface area contributed by atoms with Crippen LogP contribution in [0.4, 0.5) is 0 Å². The van der Waals surface area contributed by atoms with Crippen molar-refractivity contribution in [2.45, 2.75) is 32.1 Å². The van der Waals surface area contributed by atoms with E-state index in [1.807, 2.05) is 36.1 Å². The van der Waals surface area contributed by atoms with E-state index in [0.29, 0.717) is 19.6 Å². The molecule has 0 saturated carbocycles. The quantitative estimate of drug-likeness (QED) is 0.820. The SMILES string of the molecule is COCCc1nc([C@@H]2CCCN(C(=O)COc3ccccc3C)C2)n[nH]1. The van der Waals surface area contributed by atoms with E-state index in [4.69, 9.17) is 9.47 Å². The van der Waals surface area contributed by atoms with Gasteiger partial charge in [-0.05, 0) is 31.4 Å². The average molecular weight is 358 g/mol. The van der Waals surface area contributed by atoms with E-state index in [9.17, 15) is 4.79 Å². The Kier molecular flexibility index (Phi) is 6.22. The fourth-order valence-electron chi connectivity index (χ4n) is 3.17. The molecule has 140 valence electrons. The number of benzene rings is 1. The Balaban J connectivity index is 1.55. The number of hydrogen-bond acceptors (Lipinski definition) is 5. The molecule has 0 spiro atoms. The Bertz CT molecular complexity index is 731. The summed E-state index contributed by atoms with van der Waals surface area (Å²) >= 11 is 0. The van der Waals surface area contributed by atoms with Gasteiger partial charge in [0, 0.05) is 32.5 Å². The summed E-state index contributed by atoms with van der Waals surface area (Å²) in [5.41, 5.74) is 1.03. The van der Waals surface area contributed by atoms with Crippen molar-refractivity contribution in [3.05, 3.63) is 41.5 Å². The van der Waals surface area contributed by atoms with Gasteiger partial charge in [-0.3, -0.25) is 9.89 Å². The number of aromatic amines is 1. The number of para-hydroxylation sites is 1. The maximum atomic E-state index is 12.5. The minimum Gasteiger partial charge on any atom is -0.484 e. The minimum absolute atomic E-state index is 0.00750. The van der Waals surface area contributed by atoms with Crippen molar-refractivity contribution in [3.8, 4) is 5.75 Å². The van der Waals surface area contributed by atoms with E-state index in [1.54, 1.807) is 7.11 Å². The first kappa shape index (κ1) is 18.4. The number of hydrogen-bond donors (Lipinski definition) is 1. The third-order valence-corrected chi connectivity index (χ3v) is 4.68. The van der Waals surface area contributed by atoms with Crippen LogP contribution in [0.1, 0.15) is 36.0 Å². The lowest BCUT2D eigenvalue weighted by Crippen LogP contribution is -2.41. The molecule has 0 aliphatic carbocycles. The zero-order valence-corrected chi connectivity index (χ0v) is 15.4. The van der Waals surface area contributed by atoms with Gasteiger partial charge in [0.15, 0.2) is 12.4 Å². The molecule has 7 heteroatoms. The predicted molar refractivity (Wildman–Crippen MR) is 97.2 cm³/mol. The summed E-state index contributed by atoms with van der Waals surface area (Å²) in [5, 5.41) is 7.30. The third kappa shape index (κ3) is 4.60. The molecule has 1 amide bonds. The molecular formula is C19H26N4O3. The van der Waals surface area contributed by atoms with Gasteiger partial charge in [-0.1, -0.05) is 18.2 Å². The molecule has 1 aromatic carbocycles. The molecule has 1 saturated heterocycles. The van der Waals surface area contributed by atoms with Gasteiger partial charge in [0.1, 0.15) is 11.6 Å². The number of methoxy groups -OCH3 is 1. The molecule has 2 heterocycles. The molecule has 1 aliphatic heterocycles. The van der Waals surface area contributed by atoms with E-state index in [1.165, 1.54) is 0 Å². The number of aryl methyl sites for hydroxylation is 1. The van der Waals surface area contributed by atoms with Gasteiger partial charge in [0.2, 0.25) is 0 Å². The molecule has 1 fully saturated rings. The van der Waals surface area contributed by atoms with E-state index >= 15 is 0 Å². The maximum absolute atomic E-state index is 12.5. The standard InChI is InChI=1S/C19H26N4O3/c1-14-6-3-4-8-16(14)26-13-18(24)23-10-5-7-15(12-23)19-20-17(21-22-19)9-11-25-2/h3-4,6,8,15H,5,7,9-13H2,1-2H3,(H,20,21,22)/t15-/m1/s1. The molecule has 1 aliphatic rings. The smallest absolute Gasteiger partial charge is 0.260 e. The molecule has 26 heavy (non-hydrogen) atoms. The van der Waals surface area contributed by atoms with E-state index in [0.717, 1.165) is 42.3 Å². The van der Waals surface area contributed by atoms with Crippen LogP contribution in [0.25, 0.3) is 0 Å². The zero-order valence-electron chi connectivity index (χ0n) is 15.4. The molecule has 2 aromatic rings. The average Bonchev–Trinajstić information content (AvgIpc) is 3.14. The normalized spacial score (nSPS) is 17.3. The Morgan fingerprint density at radius 2 is 2.23 bits per heavy atom. The molecule has 0 unspecified atom stereocenters. The number of H-pyrrole nitrogens is 1. The van der Waals surface area contributed by atoms with Gasteiger partial charge in [0.05, 0.1) is 6.61 Å². The maximum Gasteiger partial charge on any atom is 0.260 e. The molecular weight excluding hydrogens is 332 g/mol. The fourth-order valence-corrected chi connectivity index (χ4v) is 3.17. The van der Waals surface area contributed by atoms with Crippen LogP contribution in [-0.2, 0) is 16.0 Å². The zero-order chi connectivity index (χ0) is 18.4. The summed E-state index contributed by atoms with van der Waals surface area (Å²) in [6.07, 6.45) is 2.65. The monoisotopic (exact) mass is 358 g/mol. The summed E-state index contributed by atoms with van der Waals surface area (Å²) in [5.74, 6) is 2.54. The van der Waals surface area contributed by atoms with Crippen LogP contribution in [0.3, 0.4) is 0 Å². The first-order valence-corrected chi connectivity index (χ1v) is 9.03.